The zero-order valence-electron chi connectivity index (χ0n) is 11.3. The average molecular weight is 268 g/mol. The molecule has 1 aromatic rings. The molecule has 2 N–H and O–H groups in total. The fourth-order valence-electron chi connectivity index (χ4n) is 1.68. The number of ether oxygens (including phenoxy) is 1. The Morgan fingerprint density at radius 1 is 1.42 bits per heavy atom. The molecule has 106 valence electrons. The van der Waals surface area contributed by atoms with E-state index in [0.717, 1.165) is 6.42 Å². The van der Waals surface area contributed by atoms with Crippen molar-refractivity contribution in [2.45, 2.75) is 19.8 Å². The lowest BCUT2D eigenvalue weighted by atomic mass is 10.2. The molecule has 19 heavy (non-hydrogen) atoms. The van der Waals surface area contributed by atoms with Crippen molar-refractivity contribution in [1.29, 1.82) is 0 Å². The molecule has 0 atom stereocenters. The van der Waals surface area contributed by atoms with Gasteiger partial charge in [0.25, 0.3) is 5.91 Å². The van der Waals surface area contributed by atoms with Gasteiger partial charge in [-0.15, -0.1) is 0 Å². The average Bonchev–Trinajstić information content (AvgIpc) is 2.41. The molecule has 0 unspecified atom stereocenters. The first-order chi connectivity index (χ1) is 9.20. The van der Waals surface area contributed by atoms with E-state index < -0.39 is 5.82 Å². The van der Waals surface area contributed by atoms with Crippen molar-refractivity contribution in [3.63, 3.8) is 0 Å². The highest BCUT2D eigenvalue weighted by molar-refractivity contribution is 5.94. The van der Waals surface area contributed by atoms with Crippen molar-refractivity contribution < 1.29 is 13.9 Å². The molecular formula is C14H21FN2O2. The number of carbonyl (C=O) groups is 1. The van der Waals surface area contributed by atoms with Crippen LogP contribution < -0.4 is 10.6 Å². The van der Waals surface area contributed by atoms with E-state index in [-0.39, 0.29) is 18.2 Å². The predicted octanol–water partition coefficient (Wildman–Crippen LogP) is 1.93. The number of hydrogen-bond acceptors (Lipinski definition) is 3. The third-order valence-electron chi connectivity index (χ3n) is 2.60. The maximum Gasteiger partial charge on any atom is 0.253 e. The van der Waals surface area contributed by atoms with Crippen molar-refractivity contribution in [3.8, 4) is 0 Å². The van der Waals surface area contributed by atoms with Gasteiger partial charge in [-0.1, -0.05) is 19.1 Å². The van der Waals surface area contributed by atoms with Crippen molar-refractivity contribution in [2.75, 3.05) is 31.2 Å². The SMILES string of the molecule is CCCOCC(=O)N(CCCN)c1ccccc1F. The molecule has 0 aliphatic heterocycles. The lowest BCUT2D eigenvalue weighted by Gasteiger charge is -2.23. The minimum Gasteiger partial charge on any atom is -0.372 e. The fourth-order valence-corrected chi connectivity index (χ4v) is 1.68. The molecule has 1 rings (SSSR count). The summed E-state index contributed by atoms with van der Waals surface area (Å²) in [6, 6.07) is 6.22. The van der Waals surface area contributed by atoms with Gasteiger partial charge >= 0.3 is 0 Å². The monoisotopic (exact) mass is 268 g/mol. The zero-order chi connectivity index (χ0) is 14.1. The molecule has 0 aliphatic rings. The Morgan fingerprint density at radius 2 is 2.16 bits per heavy atom. The Kier molecular flexibility index (Phi) is 7.07. The summed E-state index contributed by atoms with van der Waals surface area (Å²) < 4.78 is 19.0. The first-order valence-electron chi connectivity index (χ1n) is 6.53. The summed E-state index contributed by atoms with van der Waals surface area (Å²) in [4.78, 5) is 13.5. The smallest absolute Gasteiger partial charge is 0.253 e. The van der Waals surface area contributed by atoms with Gasteiger partial charge in [0.05, 0.1) is 5.69 Å². The first kappa shape index (κ1) is 15.6. The van der Waals surface area contributed by atoms with Gasteiger partial charge in [0, 0.05) is 13.2 Å². The molecule has 0 radical (unpaired) electrons. The summed E-state index contributed by atoms with van der Waals surface area (Å²) in [6.45, 7) is 3.30. The van der Waals surface area contributed by atoms with Gasteiger partial charge in [0.15, 0.2) is 0 Å². The number of nitrogens with two attached hydrogens (primary N) is 1. The third-order valence-corrected chi connectivity index (χ3v) is 2.60. The molecule has 0 aromatic heterocycles. The minimum atomic E-state index is -0.414. The van der Waals surface area contributed by atoms with Crippen LogP contribution in [0.2, 0.25) is 0 Å². The molecule has 0 aliphatic carbocycles. The quantitative estimate of drug-likeness (QED) is 0.733. The number of nitrogens with zero attached hydrogens (tertiary/aromatic N) is 1. The maximum atomic E-state index is 13.7. The summed E-state index contributed by atoms with van der Waals surface area (Å²) in [5.41, 5.74) is 5.73. The molecule has 0 saturated heterocycles. The second-order valence-corrected chi connectivity index (χ2v) is 4.19. The molecule has 5 heteroatoms. The van der Waals surface area contributed by atoms with Gasteiger partial charge in [-0.3, -0.25) is 4.79 Å². The second kappa shape index (κ2) is 8.61. The van der Waals surface area contributed by atoms with Crippen LogP contribution >= 0.6 is 0 Å². The van der Waals surface area contributed by atoms with E-state index in [1.165, 1.54) is 11.0 Å². The van der Waals surface area contributed by atoms with Gasteiger partial charge in [0.2, 0.25) is 0 Å². The van der Waals surface area contributed by atoms with Crippen molar-refractivity contribution in [2.24, 2.45) is 5.73 Å². The highest BCUT2D eigenvalue weighted by Crippen LogP contribution is 2.19. The Labute approximate surface area is 113 Å². The van der Waals surface area contributed by atoms with E-state index in [9.17, 15) is 9.18 Å². The Balaban J connectivity index is 2.76. The van der Waals surface area contributed by atoms with Gasteiger partial charge in [-0.2, -0.15) is 0 Å². The van der Waals surface area contributed by atoms with Gasteiger partial charge in [-0.25, -0.2) is 4.39 Å². The van der Waals surface area contributed by atoms with Crippen LogP contribution in [0.1, 0.15) is 19.8 Å². The number of anilines is 1. The molecule has 4 nitrogen and oxygen atoms in total. The van der Waals surface area contributed by atoms with Crippen molar-refractivity contribution in [3.05, 3.63) is 30.1 Å². The number of halogens is 1. The fraction of sp³-hybridized carbons (Fsp3) is 0.500. The highest BCUT2D eigenvalue weighted by atomic mass is 19.1. The van der Waals surface area contributed by atoms with Crippen LogP contribution in [0.4, 0.5) is 10.1 Å². The molecule has 0 bridgehead atoms. The summed E-state index contributed by atoms with van der Waals surface area (Å²) in [5, 5.41) is 0. The Morgan fingerprint density at radius 3 is 2.79 bits per heavy atom. The predicted molar refractivity (Wildman–Crippen MR) is 73.5 cm³/mol. The second-order valence-electron chi connectivity index (χ2n) is 4.19. The van der Waals surface area contributed by atoms with Crippen LogP contribution in [0.15, 0.2) is 24.3 Å². The number of rotatable bonds is 8. The molecular weight excluding hydrogens is 247 g/mol. The van der Waals surface area contributed by atoms with Gasteiger partial charge < -0.3 is 15.4 Å². The number of carbonyl (C=O) groups excluding carboxylic acids is 1. The summed E-state index contributed by atoms with van der Waals surface area (Å²) in [6.07, 6.45) is 1.46. The summed E-state index contributed by atoms with van der Waals surface area (Å²) in [5.74, 6) is -0.657. The Bertz CT molecular complexity index is 399. The van der Waals surface area contributed by atoms with E-state index in [1.807, 2.05) is 6.92 Å². The van der Waals surface area contributed by atoms with Crippen LogP contribution in [-0.4, -0.2) is 32.2 Å². The molecule has 1 amide bonds. The number of benzene rings is 1. The van der Waals surface area contributed by atoms with E-state index >= 15 is 0 Å². The Hall–Kier alpha value is -1.46. The van der Waals surface area contributed by atoms with Crippen molar-refractivity contribution in [1.82, 2.24) is 0 Å². The standard InChI is InChI=1S/C14H21FN2O2/c1-2-10-19-11-14(18)17(9-5-8-16)13-7-4-3-6-12(13)15/h3-4,6-7H,2,5,8-11,16H2,1H3. The zero-order valence-corrected chi connectivity index (χ0v) is 11.3. The lowest BCUT2D eigenvalue weighted by molar-refractivity contribution is -0.123. The van der Waals surface area contributed by atoms with Crippen LogP contribution in [0, 0.1) is 5.82 Å². The minimum absolute atomic E-state index is 0.0350. The topological polar surface area (TPSA) is 55.6 Å². The van der Waals surface area contributed by atoms with Crippen LogP contribution in [-0.2, 0) is 9.53 Å². The normalized spacial score (nSPS) is 10.5. The van der Waals surface area contributed by atoms with E-state index in [0.29, 0.717) is 26.1 Å². The molecule has 0 heterocycles. The van der Waals surface area contributed by atoms with Crippen LogP contribution in [0.5, 0.6) is 0 Å². The lowest BCUT2D eigenvalue weighted by Crippen LogP contribution is -2.36. The van der Waals surface area contributed by atoms with E-state index in [2.05, 4.69) is 0 Å². The third kappa shape index (κ3) is 4.96. The number of hydrogen-bond donors (Lipinski definition) is 1. The van der Waals surface area contributed by atoms with Crippen LogP contribution in [0.25, 0.3) is 0 Å². The largest absolute Gasteiger partial charge is 0.372 e. The highest BCUT2D eigenvalue weighted by Gasteiger charge is 2.18. The molecule has 0 saturated carbocycles. The van der Waals surface area contributed by atoms with Gasteiger partial charge in [0.1, 0.15) is 12.4 Å². The first-order valence-corrected chi connectivity index (χ1v) is 6.53. The summed E-state index contributed by atoms with van der Waals surface area (Å²) in [7, 11) is 0. The number of amides is 1. The number of para-hydroxylation sites is 1. The molecule has 0 spiro atoms. The van der Waals surface area contributed by atoms with Crippen molar-refractivity contribution >= 4 is 11.6 Å². The van der Waals surface area contributed by atoms with E-state index in [1.54, 1.807) is 18.2 Å². The maximum absolute atomic E-state index is 13.7. The molecule has 1 aromatic carbocycles. The molecule has 0 fully saturated rings. The van der Waals surface area contributed by atoms with Crippen LogP contribution in [0.3, 0.4) is 0 Å². The summed E-state index contributed by atoms with van der Waals surface area (Å²) >= 11 is 0. The van der Waals surface area contributed by atoms with E-state index in [4.69, 9.17) is 10.5 Å². The van der Waals surface area contributed by atoms with Gasteiger partial charge in [-0.05, 0) is 31.5 Å².